The Bertz CT molecular complexity index is 774. The topological polar surface area (TPSA) is 65.9 Å². The van der Waals surface area contributed by atoms with Crippen LogP contribution in [0.3, 0.4) is 0 Å². The molecule has 1 aromatic rings. The zero-order chi connectivity index (χ0) is 17.1. The summed E-state index contributed by atoms with van der Waals surface area (Å²) in [7, 11) is 1.61. The minimum atomic E-state index is 0.0722. The molecule has 0 atom stereocenters. The summed E-state index contributed by atoms with van der Waals surface area (Å²) in [5, 5.41) is 0. The number of likely N-dealkylation sites (tertiary alicyclic amines) is 1. The van der Waals surface area contributed by atoms with Gasteiger partial charge in [-0.05, 0) is 31.6 Å². The maximum Gasteiger partial charge on any atom is 0.323 e. The van der Waals surface area contributed by atoms with Crippen LogP contribution in [0.2, 0.25) is 0 Å². The third-order valence-electron chi connectivity index (χ3n) is 4.15. The number of thioether (sulfide) groups is 1. The number of carbonyl (C=O) groups is 1. The van der Waals surface area contributed by atoms with Crippen molar-refractivity contribution in [1.82, 2.24) is 4.90 Å². The van der Waals surface area contributed by atoms with E-state index in [4.69, 9.17) is 4.74 Å². The van der Waals surface area contributed by atoms with Crippen molar-refractivity contribution in [2.75, 3.05) is 13.7 Å². The lowest BCUT2D eigenvalue weighted by Gasteiger charge is -2.22. The van der Waals surface area contributed by atoms with Gasteiger partial charge in [0, 0.05) is 17.9 Å². The van der Waals surface area contributed by atoms with Gasteiger partial charge in [-0.1, -0.05) is 29.5 Å². The van der Waals surface area contributed by atoms with Crippen LogP contribution in [-0.4, -0.2) is 35.0 Å². The molecule has 0 aromatic heterocycles. The van der Waals surface area contributed by atoms with Crippen molar-refractivity contribution in [3.05, 3.63) is 57.8 Å². The van der Waals surface area contributed by atoms with Crippen LogP contribution in [0, 0.1) is 6.92 Å². The molecule has 124 valence electrons. The van der Waals surface area contributed by atoms with Gasteiger partial charge in [-0.2, -0.15) is 4.79 Å². The van der Waals surface area contributed by atoms with Crippen LogP contribution in [0.25, 0.3) is 5.53 Å². The monoisotopic (exact) mass is 341 g/mol. The van der Waals surface area contributed by atoms with Gasteiger partial charge in [0.05, 0.1) is 12.0 Å². The fraction of sp³-hybridized carbons (Fsp3) is 0.333. The Morgan fingerprint density at radius 3 is 2.62 bits per heavy atom. The standard InChI is InChI=1S/C18H19N3O2S/c1-12-5-7-13(8-6-12)24-17-11-15(21-9-3-4-18(21)22)14(20-19)10-16(17)23-2/h5-8,11H,3-4,9-10H2,1-2H3. The molecule has 1 saturated heterocycles. The average molecular weight is 341 g/mol. The molecule has 0 N–H and O–H groups in total. The van der Waals surface area contributed by atoms with E-state index in [-0.39, 0.29) is 5.91 Å². The number of rotatable bonds is 4. The Labute approximate surface area is 145 Å². The maximum absolute atomic E-state index is 12.1. The van der Waals surface area contributed by atoms with E-state index in [1.54, 1.807) is 23.8 Å². The zero-order valence-corrected chi connectivity index (χ0v) is 14.6. The van der Waals surface area contributed by atoms with Gasteiger partial charge in [0.2, 0.25) is 5.91 Å². The van der Waals surface area contributed by atoms with Crippen molar-refractivity contribution < 1.29 is 14.3 Å². The predicted octanol–water partition coefficient (Wildman–Crippen LogP) is 3.53. The first-order valence-electron chi connectivity index (χ1n) is 7.87. The van der Waals surface area contributed by atoms with Gasteiger partial charge < -0.3 is 15.2 Å². The SMILES string of the molecule is COC1=C(Sc2ccc(C)cc2)C=C(N2CCCC2=O)C(=[N+]=[N-])C1. The highest BCUT2D eigenvalue weighted by molar-refractivity contribution is 8.03. The molecule has 1 fully saturated rings. The van der Waals surface area contributed by atoms with Crippen molar-refractivity contribution in [1.29, 1.82) is 0 Å². The van der Waals surface area contributed by atoms with Gasteiger partial charge in [-0.25, -0.2) is 0 Å². The molecule has 1 amide bonds. The fourth-order valence-corrected chi connectivity index (χ4v) is 3.80. The van der Waals surface area contributed by atoms with Gasteiger partial charge in [-0.3, -0.25) is 4.79 Å². The summed E-state index contributed by atoms with van der Waals surface area (Å²) >= 11 is 1.59. The number of methoxy groups -OCH3 is 1. The first-order chi connectivity index (χ1) is 11.6. The Morgan fingerprint density at radius 2 is 2.04 bits per heavy atom. The summed E-state index contributed by atoms with van der Waals surface area (Å²) in [6.45, 7) is 2.71. The summed E-state index contributed by atoms with van der Waals surface area (Å²) in [6.07, 6.45) is 3.63. The van der Waals surface area contributed by atoms with E-state index >= 15 is 0 Å². The second kappa shape index (κ2) is 7.07. The molecule has 6 heteroatoms. The highest BCUT2D eigenvalue weighted by Gasteiger charge is 2.35. The second-order valence-corrected chi connectivity index (χ2v) is 6.92. The molecule has 0 unspecified atom stereocenters. The van der Waals surface area contributed by atoms with Crippen LogP contribution in [0.4, 0.5) is 0 Å². The van der Waals surface area contributed by atoms with E-state index in [0.29, 0.717) is 30.8 Å². The first-order valence-corrected chi connectivity index (χ1v) is 8.69. The number of nitrogens with zero attached hydrogens (tertiary/aromatic N) is 3. The lowest BCUT2D eigenvalue weighted by molar-refractivity contribution is -0.126. The van der Waals surface area contributed by atoms with Crippen LogP contribution in [0.5, 0.6) is 0 Å². The first kappa shape index (κ1) is 16.6. The van der Waals surface area contributed by atoms with Crippen molar-refractivity contribution in [2.45, 2.75) is 31.1 Å². The van der Waals surface area contributed by atoms with Gasteiger partial charge >= 0.3 is 5.71 Å². The average Bonchev–Trinajstić information content (AvgIpc) is 3.02. The van der Waals surface area contributed by atoms with Gasteiger partial charge in [0.15, 0.2) is 0 Å². The van der Waals surface area contributed by atoms with Gasteiger partial charge in [0.25, 0.3) is 0 Å². The van der Waals surface area contributed by atoms with E-state index in [1.807, 2.05) is 6.08 Å². The normalized spacial score (nSPS) is 17.9. The largest absolute Gasteiger partial charge is 0.499 e. The predicted molar refractivity (Wildman–Crippen MR) is 93.3 cm³/mol. The molecule has 0 radical (unpaired) electrons. The molecule has 0 saturated carbocycles. The highest BCUT2D eigenvalue weighted by atomic mass is 32.2. The molecule has 1 aliphatic carbocycles. The second-order valence-electron chi connectivity index (χ2n) is 5.81. The Balaban J connectivity index is 1.96. The van der Waals surface area contributed by atoms with Crippen LogP contribution >= 0.6 is 11.8 Å². The Morgan fingerprint density at radius 1 is 1.29 bits per heavy atom. The van der Waals surface area contributed by atoms with Gasteiger partial charge in [0.1, 0.15) is 17.9 Å². The van der Waals surface area contributed by atoms with Crippen LogP contribution < -0.4 is 0 Å². The van der Waals surface area contributed by atoms with Crippen LogP contribution in [-0.2, 0) is 9.53 Å². The highest BCUT2D eigenvalue weighted by Crippen LogP contribution is 2.36. The number of benzene rings is 1. The summed E-state index contributed by atoms with van der Waals surface area (Å²) in [4.78, 5) is 19.2. The Hall–Kier alpha value is -2.30. The third-order valence-corrected chi connectivity index (χ3v) is 5.22. The summed E-state index contributed by atoms with van der Waals surface area (Å²) < 4.78 is 5.49. The van der Waals surface area contributed by atoms with E-state index in [1.165, 1.54) is 5.56 Å². The maximum atomic E-state index is 12.1. The van der Waals surface area contributed by atoms with E-state index in [0.717, 1.165) is 22.0 Å². The number of ether oxygens (including phenoxy) is 1. The fourth-order valence-electron chi connectivity index (χ4n) is 2.83. The number of amides is 1. The smallest absolute Gasteiger partial charge is 0.323 e. The lowest BCUT2D eigenvalue weighted by Crippen LogP contribution is -2.31. The van der Waals surface area contributed by atoms with Crippen LogP contribution in [0.15, 0.2) is 51.6 Å². The van der Waals surface area contributed by atoms with Crippen molar-refractivity contribution in [3.63, 3.8) is 0 Å². The van der Waals surface area contributed by atoms with Crippen molar-refractivity contribution in [2.24, 2.45) is 0 Å². The zero-order valence-electron chi connectivity index (χ0n) is 13.8. The Kier molecular flexibility index (Phi) is 4.88. The number of allylic oxidation sites excluding steroid dienone is 3. The molecule has 0 spiro atoms. The number of aryl methyl sites for hydroxylation is 1. The molecule has 2 aliphatic rings. The number of carbonyl (C=O) groups excluding carboxylic acids is 1. The molecule has 5 nitrogen and oxygen atoms in total. The minimum Gasteiger partial charge on any atom is -0.499 e. The summed E-state index contributed by atoms with van der Waals surface area (Å²) in [6, 6.07) is 8.25. The molecule has 1 aliphatic heterocycles. The summed E-state index contributed by atoms with van der Waals surface area (Å²) in [5.74, 6) is 0.812. The quantitative estimate of drug-likeness (QED) is 0.621. The van der Waals surface area contributed by atoms with Crippen molar-refractivity contribution in [3.8, 4) is 0 Å². The molecule has 1 heterocycles. The van der Waals surface area contributed by atoms with E-state index in [2.05, 4.69) is 36.0 Å². The molecule has 3 rings (SSSR count). The third kappa shape index (κ3) is 3.30. The van der Waals surface area contributed by atoms with Gasteiger partial charge in [-0.15, -0.1) is 0 Å². The molecule has 24 heavy (non-hydrogen) atoms. The minimum absolute atomic E-state index is 0.0722. The van der Waals surface area contributed by atoms with Crippen LogP contribution in [0.1, 0.15) is 24.8 Å². The molecular formula is C18H19N3O2S. The molecular weight excluding hydrogens is 322 g/mol. The number of hydrogen-bond acceptors (Lipinski definition) is 3. The summed E-state index contributed by atoms with van der Waals surface area (Å²) in [5.41, 5.74) is 11.7. The van der Waals surface area contributed by atoms with Crippen molar-refractivity contribution >= 4 is 23.4 Å². The number of hydrogen-bond donors (Lipinski definition) is 0. The van der Waals surface area contributed by atoms with E-state index in [9.17, 15) is 10.3 Å². The molecule has 0 bridgehead atoms. The molecule has 1 aromatic carbocycles. The lowest BCUT2D eigenvalue weighted by atomic mass is 10.1. The van der Waals surface area contributed by atoms with E-state index < -0.39 is 0 Å².